The minimum atomic E-state index is -0.502. The Kier molecular flexibility index (Phi) is 7.60. The van der Waals surface area contributed by atoms with Crippen LogP contribution in [0, 0.1) is 0 Å². The van der Waals surface area contributed by atoms with Crippen molar-refractivity contribution >= 4 is 23.6 Å². The van der Waals surface area contributed by atoms with Crippen LogP contribution in [-0.2, 0) is 28.0 Å². The highest BCUT2D eigenvalue weighted by Gasteiger charge is 2.42. The van der Waals surface area contributed by atoms with Gasteiger partial charge in [-0.1, -0.05) is 12.1 Å². The Bertz CT molecular complexity index is 953. The number of hydrogen-bond acceptors (Lipinski definition) is 6. The van der Waals surface area contributed by atoms with E-state index in [1.165, 1.54) is 5.69 Å². The van der Waals surface area contributed by atoms with Crippen molar-refractivity contribution in [1.29, 1.82) is 0 Å². The van der Waals surface area contributed by atoms with Crippen LogP contribution in [0.5, 0.6) is 5.75 Å². The van der Waals surface area contributed by atoms with Crippen molar-refractivity contribution in [2.24, 2.45) is 0 Å². The second kappa shape index (κ2) is 10.6. The number of carbonyl (C=O) groups is 2. The Hall–Kier alpha value is -2.52. The SMILES string of the molecule is COc1ccc(CC(=O)N[C@H](CCSC)C(=O)N2CCC3(CC2)NCCc2[nH]cnc23)cc1. The molecule has 0 bridgehead atoms. The zero-order valence-corrected chi connectivity index (χ0v) is 20.2. The van der Waals surface area contributed by atoms with Crippen LogP contribution >= 0.6 is 11.8 Å². The van der Waals surface area contributed by atoms with E-state index in [2.05, 4.69) is 20.6 Å². The van der Waals surface area contributed by atoms with Crippen molar-refractivity contribution in [2.75, 3.05) is 38.8 Å². The number of rotatable bonds is 8. The van der Waals surface area contributed by atoms with Crippen molar-refractivity contribution in [3.8, 4) is 5.75 Å². The van der Waals surface area contributed by atoms with Crippen LogP contribution in [0.4, 0.5) is 0 Å². The molecule has 1 aromatic heterocycles. The predicted octanol–water partition coefficient (Wildman–Crippen LogP) is 1.86. The molecule has 2 amide bonds. The lowest BCUT2D eigenvalue weighted by Crippen LogP contribution is -2.58. The van der Waals surface area contributed by atoms with Crippen LogP contribution in [0.15, 0.2) is 30.6 Å². The summed E-state index contributed by atoms with van der Waals surface area (Å²) in [4.78, 5) is 35.9. The van der Waals surface area contributed by atoms with E-state index in [9.17, 15) is 9.59 Å². The number of thioether (sulfide) groups is 1. The second-order valence-electron chi connectivity index (χ2n) is 8.74. The fourth-order valence-corrected chi connectivity index (χ4v) is 5.32. The van der Waals surface area contributed by atoms with Crippen molar-refractivity contribution in [3.05, 3.63) is 47.5 Å². The number of benzene rings is 1. The van der Waals surface area contributed by atoms with Gasteiger partial charge in [-0.25, -0.2) is 4.98 Å². The summed E-state index contributed by atoms with van der Waals surface area (Å²) in [5.41, 5.74) is 3.05. The minimum absolute atomic E-state index is 0.0139. The number of fused-ring (bicyclic) bond motifs is 2. The number of hydrogen-bond donors (Lipinski definition) is 3. The molecule has 3 heterocycles. The summed E-state index contributed by atoms with van der Waals surface area (Å²) >= 11 is 1.68. The topological polar surface area (TPSA) is 99.4 Å². The standard InChI is InChI=1S/C24H33N5O3S/c1-32-18-5-3-17(4-6-18)15-21(30)28-20(8-14-33-2)23(31)29-12-9-24(10-13-29)22-19(7-11-27-24)25-16-26-22/h3-6,16,20,27H,7-15H2,1-2H3,(H,25,26)(H,28,30)/t20-/m1/s1. The number of ether oxygens (including phenoxy) is 1. The zero-order valence-electron chi connectivity index (χ0n) is 19.4. The lowest BCUT2D eigenvalue weighted by Gasteiger charge is -2.44. The average Bonchev–Trinajstić information content (AvgIpc) is 3.33. The van der Waals surface area contributed by atoms with Gasteiger partial charge in [-0.3, -0.25) is 9.59 Å². The molecule has 1 saturated heterocycles. The molecule has 33 heavy (non-hydrogen) atoms. The van der Waals surface area contributed by atoms with Crippen LogP contribution in [0.1, 0.15) is 36.2 Å². The third-order valence-electron chi connectivity index (χ3n) is 6.71. The number of aromatic nitrogens is 2. The molecule has 0 unspecified atom stereocenters. The van der Waals surface area contributed by atoms with Gasteiger partial charge in [0.2, 0.25) is 11.8 Å². The van der Waals surface area contributed by atoms with Gasteiger partial charge >= 0.3 is 0 Å². The van der Waals surface area contributed by atoms with Crippen LogP contribution in [0.3, 0.4) is 0 Å². The van der Waals surface area contributed by atoms with E-state index in [0.29, 0.717) is 19.5 Å². The third-order valence-corrected chi connectivity index (χ3v) is 7.35. The van der Waals surface area contributed by atoms with Gasteiger partial charge in [0.05, 0.1) is 31.1 Å². The molecule has 1 atom stereocenters. The van der Waals surface area contributed by atoms with Crippen molar-refractivity contribution in [3.63, 3.8) is 0 Å². The molecule has 9 heteroatoms. The van der Waals surface area contributed by atoms with Gasteiger partial charge in [-0.05, 0) is 49.0 Å². The van der Waals surface area contributed by atoms with Gasteiger partial charge < -0.3 is 25.3 Å². The molecule has 1 spiro atoms. The first kappa shape index (κ1) is 23.6. The number of carbonyl (C=O) groups excluding carboxylic acids is 2. The molecule has 4 rings (SSSR count). The van der Waals surface area contributed by atoms with Crippen LogP contribution < -0.4 is 15.4 Å². The molecule has 2 aliphatic heterocycles. The predicted molar refractivity (Wildman–Crippen MR) is 129 cm³/mol. The van der Waals surface area contributed by atoms with Crippen molar-refractivity contribution in [2.45, 2.75) is 43.7 Å². The molecule has 3 N–H and O–H groups in total. The summed E-state index contributed by atoms with van der Waals surface area (Å²) in [5, 5.41) is 6.67. The number of likely N-dealkylation sites (tertiary alicyclic amines) is 1. The Morgan fingerprint density at radius 3 is 2.73 bits per heavy atom. The maximum Gasteiger partial charge on any atom is 0.245 e. The third kappa shape index (κ3) is 5.35. The number of aromatic amines is 1. The first-order chi connectivity index (χ1) is 16.0. The number of methoxy groups -OCH3 is 1. The van der Waals surface area contributed by atoms with Crippen molar-refractivity contribution in [1.82, 2.24) is 25.5 Å². The minimum Gasteiger partial charge on any atom is -0.497 e. The fourth-order valence-electron chi connectivity index (χ4n) is 4.84. The summed E-state index contributed by atoms with van der Waals surface area (Å²) in [6.07, 6.45) is 7.25. The van der Waals surface area contributed by atoms with E-state index in [0.717, 1.165) is 48.6 Å². The molecule has 178 valence electrons. The van der Waals surface area contributed by atoms with Gasteiger partial charge in [0, 0.05) is 31.7 Å². The average molecular weight is 472 g/mol. The Labute approximate surface area is 199 Å². The van der Waals surface area contributed by atoms with Gasteiger partial charge in [0.25, 0.3) is 0 Å². The number of piperidine rings is 1. The molecule has 1 fully saturated rings. The molecule has 0 radical (unpaired) electrons. The summed E-state index contributed by atoms with van der Waals surface area (Å²) < 4.78 is 5.17. The highest BCUT2D eigenvalue weighted by atomic mass is 32.2. The number of imidazole rings is 1. The molecule has 1 aromatic carbocycles. The van der Waals surface area contributed by atoms with Crippen LogP contribution in [-0.4, -0.2) is 71.5 Å². The van der Waals surface area contributed by atoms with Crippen LogP contribution in [0.25, 0.3) is 0 Å². The first-order valence-electron chi connectivity index (χ1n) is 11.5. The zero-order chi connectivity index (χ0) is 23.3. The molecule has 8 nitrogen and oxygen atoms in total. The lowest BCUT2D eigenvalue weighted by atomic mass is 9.80. The molecule has 0 saturated carbocycles. The van der Waals surface area contributed by atoms with Gasteiger partial charge in [-0.2, -0.15) is 11.8 Å². The molecular weight excluding hydrogens is 438 g/mol. The summed E-state index contributed by atoms with van der Waals surface area (Å²) in [5.74, 6) is 1.45. The Morgan fingerprint density at radius 2 is 2.03 bits per heavy atom. The molecule has 2 aromatic rings. The van der Waals surface area contributed by atoms with E-state index >= 15 is 0 Å². The molecule has 2 aliphatic rings. The summed E-state index contributed by atoms with van der Waals surface area (Å²) in [6, 6.07) is 6.93. The fraction of sp³-hybridized carbons (Fsp3) is 0.542. The van der Waals surface area contributed by atoms with Crippen molar-refractivity contribution < 1.29 is 14.3 Å². The van der Waals surface area contributed by atoms with E-state index in [-0.39, 0.29) is 23.8 Å². The number of H-pyrrole nitrogens is 1. The lowest BCUT2D eigenvalue weighted by molar-refractivity contribution is -0.138. The highest BCUT2D eigenvalue weighted by molar-refractivity contribution is 7.98. The van der Waals surface area contributed by atoms with Gasteiger partial charge in [-0.15, -0.1) is 0 Å². The number of amides is 2. The van der Waals surface area contributed by atoms with E-state index in [4.69, 9.17) is 4.74 Å². The normalized spacial score (nSPS) is 17.9. The van der Waals surface area contributed by atoms with Crippen LogP contribution in [0.2, 0.25) is 0 Å². The molecular formula is C24H33N5O3S. The molecule has 0 aliphatic carbocycles. The van der Waals surface area contributed by atoms with E-state index < -0.39 is 6.04 Å². The second-order valence-corrected chi connectivity index (χ2v) is 9.73. The summed E-state index contributed by atoms with van der Waals surface area (Å²) in [6.45, 7) is 2.23. The largest absolute Gasteiger partial charge is 0.497 e. The van der Waals surface area contributed by atoms with Gasteiger partial charge in [0.15, 0.2) is 0 Å². The quantitative estimate of drug-likeness (QED) is 0.544. The summed E-state index contributed by atoms with van der Waals surface area (Å²) in [7, 11) is 1.62. The van der Waals surface area contributed by atoms with E-state index in [1.54, 1.807) is 25.2 Å². The van der Waals surface area contributed by atoms with Gasteiger partial charge in [0.1, 0.15) is 11.8 Å². The Balaban J connectivity index is 1.37. The Morgan fingerprint density at radius 1 is 1.27 bits per heavy atom. The smallest absolute Gasteiger partial charge is 0.245 e. The first-order valence-corrected chi connectivity index (χ1v) is 12.9. The maximum absolute atomic E-state index is 13.4. The number of nitrogens with zero attached hydrogens (tertiary/aromatic N) is 2. The monoisotopic (exact) mass is 471 g/mol. The highest BCUT2D eigenvalue weighted by Crippen LogP contribution is 2.36. The van der Waals surface area contributed by atoms with E-state index in [1.807, 2.05) is 35.4 Å². The maximum atomic E-state index is 13.4. The number of nitrogens with one attached hydrogen (secondary N) is 3.